The molecule has 1 aromatic heterocycles. The average Bonchev–Trinajstić information content (AvgIpc) is 2.54. The lowest BCUT2D eigenvalue weighted by atomic mass is 10.1. The molecular formula is C11H9F3O4S. The van der Waals surface area contributed by atoms with Crippen LogP contribution >= 0.6 is 0 Å². The maximum Gasteiger partial charge on any atom is 0.534 e. The van der Waals surface area contributed by atoms with Gasteiger partial charge in [-0.25, -0.2) is 0 Å². The Bertz CT molecular complexity index is 728. The van der Waals surface area contributed by atoms with Crippen molar-refractivity contribution in [3.05, 3.63) is 29.5 Å². The highest BCUT2D eigenvalue weighted by atomic mass is 32.2. The molecule has 0 spiro atoms. The molecule has 2 rings (SSSR count). The van der Waals surface area contributed by atoms with Crippen molar-refractivity contribution in [3.8, 4) is 5.75 Å². The van der Waals surface area contributed by atoms with Gasteiger partial charge in [-0.05, 0) is 37.6 Å². The van der Waals surface area contributed by atoms with Crippen molar-refractivity contribution in [2.24, 2.45) is 0 Å². The van der Waals surface area contributed by atoms with Crippen molar-refractivity contribution in [3.63, 3.8) is 0 Å². The van der Waals surface area contributed by atoms with Crippen LogP contribution in [0.4, 0.5) is 13.2 Å². The first-order chi connectivity index (χ1) is 8.62. The van der Waals surface area contributed by atoms with Crippen molar-refractivity contribution in [2.45, 2.75) is 19.4 Å². The molecule has 0 atom stereocenters. The van der Waals surface area contributed by atoms with Crippen LogP contribution in [0.1, 0.15) is 11.3 Å². The predicted octanol–water partition coefficient (Wildman–Crippen LogP) is 3.28. The molecular weight excluding hydrogens is 285 g/mol. The minimum atomic E-state index is -5.66. The third-order valence-electron chi connectivity index (χ3n) is 2.64. The summed E-state index contributed by atoms with van der Waals surface area (Å²) in [4.78, 5) is 0. The van der Waals surface area contributed by atoms with E-state index in [9.17, 15) is 21.6 Å². The minimum absolute atomic E-state index is 0.409. The van der Waals surface area contributed by atoms with E-state index in [1.165, 1.54) is 12.1 Å². The molecule has 104 valence electrons. The van der Waals surface area contributed by atoms with E-state index < -0.39 is 21.4 Å². The van der Waals surface area contributed by atoms with Crippen LogP contribution in [0.2, 0.25) is 0 Å². The molecule has 0 aliphatic carbocycles. The van der Waals surface area contributed by atoms with Gasteiger partial charge in [0.2, 0.25) is 0 Å². The molecule has 0 saturated heterocycles. The molecule has 0 unspecified atom stereocenters. The van der Waals surface area contributed by atoms with E-state index in [-0.39, 0.29) is 0 Å². The molecule has 0 N–H and O–H groups in total. The number of fused-ring (bicyclic) bond motifs is 1. The second kappa shape index (κ2) is 4.16. The Morgan fingerprint density at radius 2 is 1.84 bits per heavy atom. The molecule has 19 heavy (non-hydrogen) atoms. The zero-order valence-electron chi connectivity index (χ0n) is 9.91. The summed E-state index contributed by atoms with van der Waals surface area (Å²) in [6.45, 7) is 3.41. The summed E-state index contributed by atoms with van der Waals surface area (Å²) in [5.41, 5.74) is -4.29. The SMILES string of the molecule is Cc1oc2ccc(OS(=O)(=O)C(F)(F)F)cc2c1C. The van der Waals surface area contributed by atoms with E-state index in [0.717, 1.165) is 6.07 Å². The number of alkyl halides is 3. The van der Waals surface area contributed by atoms with E-state index in [2.05, 4.69) is 4.18 Å². The van der Waals surface area contributed by atoms with Gasteiger partial charge >= 0.3 is 15.6 Å². The summed E-state index contributed by atoms with van der Waals surface area (Å²) >= 11 is 0. The summed E-state index contributed by atoms with van der Waals surface area (Å²) < 4.78 is 67.7. The Kier molecular flexibility index (Phi) is 3.00. The van der Waals surface area contributed by atoms with Crippen molar-refractivity contribution >= 4 is 21.1 Å². The molecule has 0 bridgehead atoms. The summed E-state index contributed by atoms with van der Waals surface area (Å²) in [7, 11) is -5.66. The summed E-state index contributed by atoms with van der Waals surface area (Å²) in [5.74, 6) is 0.194. The molecule has 1 heterocycles. The van der Waals surface area contributed by atoms with Gasteiger partial charge in [0.15, 0.2) is 0 Å². The van der Waals surface area contributed by atoms with Crippen LogP contribution in [-0.2, 0) is 10.1 Å². The van der Waals surface area contributed by atoms with Crippen molar-refractivity contribution < 1.29 is 30.2 Å². The van der Waals surface area contributed by atoms with Gasteiger partial charge in [-0.15, -0.1) is 0 Å². The molecule has 0 fully saturated rings. The lowest BCUT2D eigenvalue weighted by molar-refractivity contribution is -0.0500. The topological polar surface area (TPSA) is 56.5 Å². The standard InChI is InChI=1S/C11H9F3O4S/c1-6-7(2)17-10-4-3-8(5-9(6)10)18-19(15,16)11(12,13)14/h3-5H,1-2H3. The first-order valence-electron chi connectivity index (χ1n) is 5.12. The summed E-state index contributed by atoms with van der Waals surface area (Å²) in [5, 5.41) is 0.507. The van der Waals surface area contributed by atoms with E-state index in [0.29, 0.717) is 22.3 Å². The first-order valence-corrected chi connectivity index (χ1v) is 6.53. The van der Waals surface area contributed by atoms with E-state index in [1.54, 1.807) is 13.8 Å². The fraction of sp³-hybridized carbons (Fsp3) is 0.273. The summed E-state index contributed by atoms with van der Waals surface area (Å²) in [6, 6.07) is 3.66. The number of hydrogen-bond acceptors (Lipinski definition) is 4. The normalized spacial score (nSPS) is 12.9. The number of aryl methyl sites for hydroxylation is 2. The third-order valence-corrected chi connectivity index (χ3v) is 3.61. The number of hydrogen-bond donors (Lipinski definition) is 0. The van der Waals surface area contributed by atoms with Crippen LogP contribution < -0.4 is 4.18 Å². The molecule has 0 aliphatic heterocycles. The van der Waals surface area contributed by atoms with Gasteiger partial charge in [-0.1, -0.05) is 0 Å². The van der Waals surface area contributed by atoms with E-state index in [4.69, 9.17) is 4.42 Å². The number of halogens is 3. The predicted molar refractivity (Wildman–Crippen MR) is 61.3 cm³/mol. The highest BCUT2D eigenvalue weighted by molar-refractivity contribution is 7.88. The highest BCUT2D eigenvalue weighted by Gasteiger charge is 2.48. The Morgan fingerprint density at radius 1 is 1.21 bits per heavy atom. The molecule has 0 radical (unpaired) electrons. The van der Waals surface area contributed by atoms with Gasteiger partial charge in [0.1, 0.15) is 17.1 Å². The molecule has 2 aromatic rings. The van der Waals surface area contributed by atoms with Crippen LogP contribution in [0.5, 0.6) is 5.75 Å². The molecule has 4 nitrogen and oxygen atoms in total. The smallest absolute Gasteiger partial charge is 0.461 e. The minimum Gasteiger partial charge on any atom is -0.461 e. The largest absolute Gasteiger partial charge is 0.534 e. The van der Waals surface area contributed by atoms with Crippen LogP contribution in [0.25, 0.3) is 11.0 Å². The van der Waals surface area contributed by atoms with Gasteiger partial charge < -0.3 is 8.60 Å². The zero-order chi connectivity index (χ0) is 14.4. The lowest BCUT2D eigenvalue weighted by Crippen LogP contribution is -2.28. The fourth-order valence-corrected chi connectivity index (χ4v) is 2.00. The zero-order valence-corrected chi connectivity index (χ0v) is 10.7. The van der Waals surface area contributed by atoms with E-state index >= 15 is 0 Å². The third kappa shape index (κ3) is 2.40. The fourth-order valence-electron chi connectivity index (χ4n) is 1.55. The second-order valence-corrected chi connectivity index (χ2v) is 5.46. The highest BCUT2D eigenvalue weighted by Crippen LogP contribution is 2.31. The van der Waals surface area contributed by atoms with Gasteiger partial charge in [0, 0.05) is 5.39 Å². The van der Waals surface area contributed by atoms with Gasteiger partial charge in [-0.3, -0.25) is 0 Å². The Morgan fingerprint density at radius 3 is 2.42 bits per heavy atom. The van der Waals surface area contributed by atoms with Gasteiger partial charge in [-0.2, -0.15) is 21.6 Å². The molecule has 1 aromatic carbocycles. The Balaban J connectivity index is 2.45. The maximum absolute atomic E-state index is 12.2. The molecule has 0 saturated carbocycles. The lowest BCUT2D eigenvalue weighted by Gasteiger charge is -2.09. The average molecular weight is 294 g/mol. The quantitative estimate of drug-likeness (QED) is 0.630. The number of benzene rings is 1. The van der Waals surface area contributed by atoms with Crippen LogP contribution in [-0.4, -0.2) is 13.9 Å². The van der Waals surface area contributed by atoms with Gasteiger partial charge in [0.05, 0.1) is 0 Å². The maximum atomic E-state index is 12.2. The van der Waals surface area contributed by atoms with Crippen molar-refractivity contribution in [2.75, 3.05) is 0 Å². The van der Waals surface area contributed by atoms with Crippen LogP contribution in [0.15, 0.2) is 22.6 Å². The Hall–Kier alpha value is -1.70. The van der Waals surface area contributed by atoms with E-state index in [1.807, 2.05) is 0 Å². The van der Waals surface area contributed by atoms with Crippen molar-refractivity contribution in [1.82, 2.24) is 0 Å². The molecule has 0 aliphatic rings. The number of rotatable bonds is 2. The van der Waals surface area contributed by atoms with Crippen molar-refractivity contribution in [1.29, 1.82) is 0 Å². The number of furan rings is 1. The molecule has 8 heteroatoms. The monoisotopic (exact) mass is 294 g/mol. The van der Waals surface area contributed by atoms with Gasteiger partial charge in [0.25, 0.3) is 0 Å². The first kappa shape index (κ1) is 13.7. The van der Waals surface area contributed by atoms with Crippen LogP contribution in [0.3, 0.4) is 0 Å². The molecule has 0 amide bonds. The second-order valence-electron chi connectivity index (χ2n) is 3.92. The van der Waals surface area contributed by atoms with Crippen LogP contribution in [0, 0.1) is 13.8 Å². The summed E-state index contributed by atoms with van der Waals surface area (Å²) in [6.07, 6.45) is 0. The Labute approximate surface area is 106 Å².